The van der Waals surface area contributed by atoms with Crippen molar-refractivity contribution < 1.29 is 13.7 Å². The van der Waals surface area contributed by atoms with Crippen molar-refractivity contribution in [3.8, 4) is 0 Å². The summed E-state index contributed by atoms with van der Waals surface area (Å²) < 4.78 is 10.9. The van der Waals surface area contributed by atoms with Gasteiger partial charge in [-0.25, -0.2) is 4.98 Å². The Morgan fingerprint density at radius 1 is 1.15 bits per heavy atom. The van der Waals surface area contributed by atoms with Crippen LogP contribution in [0.4, 0.5) is 5.69 Å². The van der Waals surface area contributed by atoms with Crippen LogP contribution < -0.4 is 5.32 Å². The molecular formula is C19H24N4O3. The second kappa shape index (κ2) is 7.68. The molecule has 0 saturated carbocycles. The zero-order chi connectivity index (χ0) is 18.7. The molecule has 0 saturated heterocycles. The van der Waals surface area contributed by atoms with Crippen LogP contribution in [0.25, 0.3) is 11.1 Å². The number of hydrogen-bond donors (Lipinski definition) is 1. The second-order valence-corrected chi connectivity index (χ2v) is 6.99. The standard InChI is InChI=1S/C19H24N4O3/c1-11(2)18-22-17(26-23-18)7-5-6-16(24)20-13-8-9-15-14(10-13)21-19(25-15)12(3)4/h8-12H,5-7H2,1-4H3,(H,20,24). The van der Waals surface area contributed by atoms with E-state index in [4.69, 9.17) is 8.94 Å². The molecule has 1 N–H and O–H groups in total. The van der Waals surface area contributed by atoms with Gasteiger partial charge in [-0.1, -0.05) is 32.9 Å². The number of carbonyl (C=O) groups excluding carboxylic acids is 1. The van der Waals surface area contributed by atoms with Gasteiger partial charge in [0.25, 0.3) is 0 Å². The lowest BCUT2D eigenvalue weighted by atomic mass is 10.2. The van der Waals surface area contributed by atoms with E-state index < -0.39 is 0 Å². The SMILES string of the molecule is CC(C)c1noc(CCCC(=O)Nc2ccc3oc(C(C)C)nc3c2)n1. The van der Waals surface area contributed by atoms with Crippen LogP contribution in [-0.4, -0.2) is 21.0 Å². The maximum absolute atomic E-state index is 12.1. The topological polar surface area (TPSA) is 94.1 Å². The van der Waals surface area contributed by atoms with E-state index in [0.717, 1.165) is 11.1 Å². The molecule has 0 unspecified atom stereocenters. The van der Waals surface area contributed by atoms with E-state index in [1.54, 1.807) is 0 Å². The van der Waals surface area contributed by atoms with Crippen molar-refractivity contribution in [3.05, 3.63) is 35.8 Å². The molecule has 0 atom stereocenters. The van der Waals surface area contributed by atoms with E-state index in [1.165, 1.54) is 0 Å². The van der Waals surface area contributed by atoms with Gasteiger partial charge in [-0.2, -0.15) is 4.98 Å². The number of aromatic nitrogens is 3. The van der Waals surface area contributed by atoms with E-state index >= 15 is 0 Å². The monoisotopic (exact) mass is 356 g/mol. The third kappa shape index (κ3) is 4.28. The molecule has 26 heavy (non-hydrogen) atoms. The fraction of sp³-hybridized carbons (Fsp3) is 0.474. The van der Waals surface area contributed by atoms with Crippen LogP contribution in [0.2, 0.25) is 0 Å². The second-order valence-electron chi connectivity index (χ2n) is 6.99. The summed E-state index contributed by atoms with van der Waals surface area (Å²) in [4.78, 5) is 20.9. The van der Waals surface area contributed by atoms with E-state index in [1.807, 2.05) is 45.9 Å². The summed E-state index contributed by atoms with van der Waals surface area (Å²) >= 11 is 0. The van der Waals surface area contributed by atoms with E-state index in [-0.39, 0.29) is 17.7 Å². The quantitative estimate of drug-likeness (QED) is 0.673. The predicted octanol–water partition coefficient (Wildman–Crippen LogP) is 4.42. The van der Waals surface area contributed by atoms with Crippen LogP contribution >= 0.6 is 0 Å². The van der Waals surface area contributed by atoms with Gasteiger partial charge < -0.3 is 14.3 Å². The number of hydrogen-bond acceptors (Lipinski definition) is 6. The van der Waals surface area contributed by atoms with Crippen molar-refractivity contribution in [1.29, 1.82) is 0 Å². The van der Waals surface area contributed by atoms with E-state index in [0.29, 0.717) is 42.6 Å². The van der Waals surface area contributed by atoms with Crippen molar-refractivity contribution in [1.82, 2.24) is 15.1 Å². The molecule has 0 bridgehead atoms. The molecule has 3 rings (SSSR count). The van der Waals surface area contributed by atoms with Gasteiger partial charge in [0.2, 0.25) is 11.8 Å². The summed E-state index contributed by atoms with van der Waals surface area (Å²) in [5.74, 6) is 2.38. The Morgan fingerprint density at radius 2 is 1.96 bits per heavy atom. The Bertz CT molecular complexity index is 895. The first-order valence-electron chi connectivity index (χ1n) is 8.95. The number of rotatable bonds is 7. The van der Waals surface area contributed by atoms with Gasteiger partial charge in [0.05, 0.1) is 0 Å². The van der Waals surface area contributed by atoms with E-state index in [2.05, 4.69) is 20.4 Å². The van der Waals surface area contributed by atoms with Crippen LogP contribution in [0, 0.1) is 0 Å². The van der Waals surface area contributed by atoms with Crippen molar-refractivity contribution in [2.45, 2.75) is 58.8 Å². The number of nitrogens with zero attached hydrogens (tertiary/aromatic N) is 3. The molecule has 138 valence electrons. The molecule has 7 nitrogen and oxygen atoms in total. The maximum Gasteiger partial charge on any atom is 0.226 e. The average molecular weight is 356 g/mol. The zero-order valence-corrected chi connectivity index (χ0v) is 15.6. The Kier molecular flexibility index (Phi) is 5.35. The average Bonchev–Trinajstić information content (AvgIpc) is 3.21. The normalized spacial score (nSPS) is 11.6. The van der Waals surface area contributed by atoms with Crippen molar-refractivity contribution >= 4 is 22.7 Å². The van der Waals surface area contributed by atoms with Crippen molar-refractivity contribution in [3.63, 3.8) is 0 Å². The molecule has 0 spiro atoms. The third-order valence-electron chi connectivity index (χ3n) is 3.98. The Morgan fingerprint density at radius 3 is 2.65 bits per heavy atom. The van der Waals surface area contributed by atoms with Crippen molar-refractivity contribution in [2.24, 2.45) is 0 Å². The lowest BCUT2D eigenvalue weighted by Gasteiger charge is -2.04. The first-order valence-corrected chi connectivity index (χ1v) is 8.95. The zero-order valence-electron chi connectivity index (χ0n) is 15.6. The van der Waals surface area contributed by atoms with Crippen LogP contribution in [0.3, 0.4) is 0 Å². The number of carbonyl (C=O) groups is 1. The number of aryl methyl sites for hydroxylation is 1. The molecule has 0 radical (unpaired) electrons. The molecule has 1 aromatic carbocycles. The molecule has 7 heteroatoms. The number of benzene rings is 1. The molecule has 2 aromatic heterocycles. The Hall–Kier alpha value is -2.70. The summed E-state index contributed by atoms with van der Waals surface area (Å²) in [6.45, 7) is 8.08. The van der Waals surface area contributed by atoms with Gasteiger partial charge in [0, 0.05) is 30.4 Å². The molecule has 0 aliphatic heterocycles. The highest BCUT2D eigenvalue weighted by molar-refractivity contribution is 5.92. The lowest BCUT2D eigenvalue weighted by molar-refractivity contribution is -0.116. The van der Waals surface area contributed by atoms with Gasteiger partial charge >= 0.3 is 0 Å². The summed E-state index contributed by atoms with van der Waals surface area (Å²) in [6, 6.07) is 5.48. The summed E-state index contributed by atoms with van der Waals surface area (Å²) in [7, 11) is 0. The number of oxazole rings is 1. The molecular weight excluding hydrogens is 332 g/mol. The lowest BCUT2D eigenvalue weighted by Crippen LogP contribution is -2.11. The smallest absolute Gasteiger partial charge is 0.226 e. The van der Waals surface area contributed by atoms with Gasteiger partial charge in [0.15, 0.2) is 17.3 Å². The predicted molar refractivity (Wildman–Crippen MR) is 98.1 cm³/mol. The van der Waals surface area contributed by atoms with Crippen LogP contribution in [0.15, 0.2) is 27.1 Å². The Balaban J connectivity index is 1.53. The molecule has 0 fully saturated rings. The van der Waals surface area contributed by atoms with Gasteiger partial charge in [-0.15, -0.1) is 0 Å². The van der Waals surface area contributed by atoms with Gasteiger partial charge in [-0.05, 0) is 24.6 Å². The first kappa shape index (κ1) is 18.1. The third-order valence-corrected chi connectivity index (χ3v) is 3.98. The fourth-order valence-electron chi connectivity index (χ4n) is 2.50. The summed E-state index contributed by atoms with van der Waals surface area (Å²) in [5.41, 5.74) is 2.19. The van der Waals surface area contributed by atoms with Crippen LogP contribution in [-0.2, 0) is 11.2 Å². The molecule has 3 aromatic rings. The maximum atomic E-state index is 12.1. The Labute approximate surface area is 152 Å². The highest BCUT2D eigenvalue weighted by atomic mass is 16.5. The van der Waals surface area contributed by atoms with Crippen molar-refractivity contribution in [2.75, 3.05) is 5.32 Å². The summed E-state index contributed by atoms with van der Waals surface area (Å²) in [6.07, 6.45) is 1.62. The first-order chi connectivity index (χ1) is 12.4. The largest absolute Gasteiger partial charge is 0.440 e. The minimum Gasteiger partial charge on any atom is -0.440 e. The molecule has 1 amide bonds. The van der Waals surface area contributed by atoms with E-state index in [9.17, 15) is 4.79 Å². The summed E-state index contributed by atoms with van der Waals surface area (Å²) in [5, 5.41) is 6.82. The minimum atomic E-state index is -0.0551. The number of anilines is 1. The fourth-order valence-corrected chi connectivity index (χ4v) is 2.50. The number of amides is 1. The molecule has 0 aliphatic carbocycles. The minimum absolute atomic E-state index is 0.0551. The molecule has 2 heterocycles. The highest BCUT2D eigenvalue weighted by Crippen LogP contribution is 2.24. The highest BCUT2D eigenvalue weighted by Gasteiger charge is 2.12. The van der Waals surface area contributed by atoms with Gasteiger partial charge in [0.1, 0.15) is 5.52 Å². The van der Waals surface area contributed by atoms with Gasteiger partial charge in [-0.3, -0.25) is 4.79 Å². The molecule has 0 aliphatic rings. The van der Waals surface area contributed by atoms with Crippen LogP contribution in [0.5, 0.6) is 0 Å². The number of fused-ring (bicyclic) bond motifs is 1. The number of nitrogens with one attached hydrogen (secondary N) is 1. The van der Waals surface area contributed by atoms with Crippen LogP contribution in [0.1, 0.15) is 70.0 Å².